The largest absolute Gasteiger partial charge is 0.378 e. The Hall–Kier alpha value is -0.490. The van der Waals surface area contributed by atoms with Gasteiger partial charge in [-0.05, 0) is 26.3 Å². The highest BCUT2D eigenvalue weighted by molar-refractivity contribution is 7.09. The molecule has 0 bridgehead atoms. The minimum atomic E-state index is 0.284. The summed E-state index contributed by atoms with van der Waals surface area (Å²) in [5.74, 6) is 0. The summed E-state index contributed by atoms with van der Waals surface area (Å²) in [6.45, 7) is 7.64. The zero-order chi connectivity index (χ0) is 13.5. The van der Waals surface area contributed by atoms with Gasteiger partial charge in [0.25, 0.3) is 0 Å². The van der Waals surface area contributed by atoms with Crippen molar-refractivity contribution in [3.63, 3.8) is 0 Å². The van der Waals surface area contributed by atoms with Gasteiger partial charge < -0.3 is 14.8 Å². The molecule has 1 fully saturated rings. The Bertz CT molecular complexity index is 370. The lowest BCUT2D eigenvalue weighted by molar-refractivity contribution is -0.0133. The van der Waals surface area contributed by atoms with Crippen LogP contribution in [0.2, 0.25) is 0 Å². The number of hydrogen-bond donors (Lipinski definition) is 1. The standard InChI is InChI=1S/C14H24N2O2S/c1-3-15-8-12-4-5-13(18-12)9-17-7-6-14-11(2)16-10-19-14/h10,12-13,15H,3-9H2,1-2H3. The van der Waals surface area contributed by atoms with Gasteiger partial charge in [0.2, 0.25) is 0 Å². The second kappa shape index (κ2) is 7.94. The zero-order valence-electron chi connectivity index (χ0n) is 11.9. The van der Waals surface area contributed by atoms with Gasteiger partial charge in [0.15, 0.2) is 0 Å². The van der Waals surface area contributed by atoms with E-state index in [1.165, 1.54) is 4.88 Å². The van der Waals surface area contributed by atoms with E-state index in [9.17, 15) is 0 Å². The molecule has 0 aliphatic carbocycles. The highest BCUT2D eigenvalue weighted by atomic mass is 32.1. The lowest BCUT2D eigenvalue weighted by Gasteiger charge is -2.14. The minimum absolute atomic E-state index is 0.284. The number of aryl methyl sites for hydroxylation is 1. The number of rotatable bonds is 8. The van der Waals surface area contributed by atoms with E-state index in [0.717, 1.165) is 51.3 Å². The average molecular weight is 284 g/mol. The topological polar surface area (TPSA) is 43.4 Å². The van der Waals surface area contributed by atoms with Gasteiger partial charge >= 0.3 is 0 Å². The van der Waals surface area contributed by atoms with E-state index in [2.05, 4.69) is 24.1 Å². The first-order valence-electron chi connectivity index (χ1n) is 7.12. The fourth-order valence-electron chi connectivity index (χ4n) is 2.30. The van der Waals surface area contributed by atoms with Gasteiger partial charge in [-0.2, -0.15) is 0 Å². The molecule has 1 aromatic heterocycles. The van der Waals surface area contributed by atoms with Crippen LogP contribution in [0.25, 0.3) is 0 Å². The first-order valence-corrected chi connectivity index (χ1v) is 8.00. The minimum Gasteiger partial charge on any atom is -0.378 e. The molecule has 0 spiro atoms. The normalized spacial score (nSPS) is 23.1. The van der Waals surface area contributed by atoms with Crippen LogP contribution in [0, 0.1) is 6.92 Å². The molecule has 108 valence electrons. The lowest BCUT2D eigenvalue weighted by atomic mass is 10.2. The van der Waals surface area contributed by atoms with Crippen molar-refractivity contribution in [3.8, 4) is 0 Å². The van der Waals surface area contributed by atoms with E-state index in [1.54, 1.807) is 11.3 Å². The first-order chi connectivity index (χ1) is 9.29. The molecule has 2 atom stereocenters. The lowest BCUT2D eigenvalue weighted by Crippen LogP contribution is -2.27. The Morgan fingerprint density at radius 1 is 1.47 bits per heavy atom. The van der Waals surface area contributed by atoms with Gasteiger partial charge in [0.05, 0.1) is 36.6 Å². The molecule has 2 rings (SSSR count). The Labute approximate surface area is 119 Å². The molecule has 1 aliphatic heterocycles. The van der Waals surface area contributed by atoms with Gasteiger partial charge in [-0.15, -0.1) is 11.3 Å². The third-order valence-electron chi connectivity index (χ3n) is 3.44. The SMILES string of the molecule is CCNCC1CCC(COCCc2scnc2C)O1. The first kappa shape index (κ1) is 14.9. The van der Waals surface area contributed by atoms with Crippen molar-refractivity contribution >= 4 is 11.3 Å². The monoisotopic (exact) mass is 284 g/mol. The maximum atomic E-state index is 5.93. The van der Waals surface area contributed by atoms with Crippen molar-refractivity contribution in [3.05, 3.63) is 16.1 Å². The molecule has 1 saturated heterocycles. The molecule has 0 radical (unpaired) electrons. The Kier molecular flexibility index (Phi) is 6.23. The summed E-state index contributed by atoms with van der Waals surface area (Å²) in [6, 6.07) is 0. The fourth-order valence-corrected chi connectivity index (χ4v) is 3.07. The molecule has 19 heavy (non-hydrogen) atoms. The smallest absolute Gasteiger partial charge is 0.0813 e. The van der Waals surface area contributed by atoms with Crippen LogP contribution in [-0.2, 0) is 15.9 Å². The molecule has 1 N–H and O–H groups in total. The van der Waals surface area contributed by atoms with Gasteiger partial charge in [-0.3, -0.25) is 0 Å². The predicted octanol–water partition coefficient (Wildman–Crippen LogP) is 2.17. The number of aromatic nitrogens is 1. The molecule has 0 amide bonds. The van der Waals surface area contributed by atoms with Gasteiger partial charge in [0.1, 0.15) is 0 Å². The second-order valence-corrected chi connectivity index (χ2v) is 5.89. The van der Waals surface area contributed by atoms with Crippen molar-refractivity contribution in [2.24, 2.45) is 0 Å². The fraction of sp³-hybridized carbons (Fsp3) is 0.786. The summed E-state index contributed by atoms with van der Waals surface area (Å²) in [7, 11) is 0. The summed E-state index contributed by atoms with van der Waals surface area (Å²) in [5, 5.41) is 3.33. The third-order valence-corrected chi connectivity index (χ3v) is 4.43. The summed E-state index contributed by atoms with van der Waals surface area (Å²) in [6.07, 6.45) is 3.89. The van der Waals surface area contributed by atoms with E-state index in [0.29, 0.717) is 6.10 Å². The number of nitrogens with one attached hydrogen (secondary N) is 1. The van der Waals surface area contributed by atoms with Crippen molar-refractivity contribution in [2.45, 2.75) is 45.3 Å². The molecule has 5 heteroatoms. The van der Waals surface area contributed by atoms with Crippen LogP contribution >= 0.6 is 11.3 Å². The molecule has 2 heterocycles. The molecular weight excluding hydrogens is 260 g/mol. The highest BCUT2D eigenvalue weighted by Crippen LogP contribution is 2.19. The average Bonchev–Trinajstić information content (AvgIpc) is 3.02. The summed E-state index contributed by atoms with van der Waals surface area (Å²) >= 11 is 1.71. The van der Waals surface area contributed by atoms with E-state index >= 15 is 0 Å². The molecule has 4 nitrogen and oxygen atoms in total. The molecule has 0 saturated carbocycles. The zero-order valence-corrected chi connectivity index (χ0v) is 12.7. The van der Waals surface area contributed by atoms with Crippen LogP contribution in [0.3, 0.4) is 0 Å². The second-order valence-electron chi connectivity index (χ2n) is 4.95. The highest BCUT2D eigenvalue weighted by Gasteiger charge is 2.24. The Morgan fingerprint density at radius 2 is 2.32 bits per heavy atom. The van der Waals surface area contributed by atoms with Crippen LogP contribution < -0.4 is 5.32 Å². The molecule has 2 unspecified atom stereocenters. The summed E-state index contributed by atoms with van der Waals surface area (Å²) in [4.78, 5) is 5.57. The van der Waals surface area contributed by atoms with E-state index in [-0.39, 0.29) is 6.10 Å². The van der Waals surface area contributed by atoms with Gasteiger partial charge in [-0.25, -0.2) is 4.98 Å². The Morgan fingerprint density at radius 3 is 3.05 bits per heavy atom. The molecule has 1 aliphatic rings. The van der Waals surface area contributed by atoms with E-state index in [1.807, 2.05) is 5.51 Å². The summed E-state index contributed by atoms with van der Waals surface area (Å²) < 4.78 is 11.7. The van der Waals surface area contributed by atoms with Crippen molar-refractivity contribution in [1.82, 2.24) is 10.3 Å². The van der Waals surface area contributed by atoms with E-state index < -0.39 is 0 Å². The van der Waals surface area contributed by atoms with Crippen LogP contribution in [0.4, 0.5) is 0 Å². The van der Waals surface area contributed by atoms with Gasteiger partial charge in [-0.1, -0.05) is 6.92 Å². The number of hydrogen-bond acceptors (Lipinski definition) is 5. The number of likely N-dealkylation sites (N-methyl/N-ethyl adjacent to an activating group) is 1. The predicted molar refractivity (Wildman–Crippen MR) is 77.8 cm³/mol. The van der Waals surface area contributed by atoms with Gasteiger partial charge in [0, 0.05) is 17.8 Å². The number of ether oxygens (including phenoxy) is 2. The maximum absolute atomic E-state index is 5.93. The number of nitrogens with zero attached hydrogens (tertiary/aromatic N) is 1. The Balaban J connectivity index is 1.56. The van der Waals surface area contributed by atoms with Crippen molar-refractivity contribution < 1.29 is 9.47 Å². The summed E-state index contributed by atoms with van der Waals surface area (Å²) in [5.41, 5.74) is 3.03. The van der Waals surface area contributed by atoms with Crippen LogP contribution in [0.1, 0.15) is 30.3 Å². The third kappa shape index (κ3) is 4.84. The van der Waals surface area contributed by atoms with Crippen molar-refractivity contribution in [1.29, 1.82) is 0 Å². The van der Waals surface area contributed by atoms with Crippen molar-refractivity contribution in [2.75, 3.05) is 26.3 Å². The van der Waals surface area contributed by atoms with Crippen LogP contribution in [0.15, 0.2) is 5.51 Å². The molecular formula is C14H24N2O2S. The van der Waals surface area contributed by atoms with Crippen LogP contribution in [0.5, 0.6) is 0 Å². The maximum Gasteiger partial charge on any atom is 0.0813 e. The molecule has 0 aromatic carbocycles. The van der Waals surface area contributed by atoms with E-state index in [4.69, 9.17) is 9.47 Å². The quantitative estimate of drug-likeness (QED) is 0.743. The molecule has 1 aromatic rings. The van der Waals surface area contributed by atoms with Crippen LogP contribution in [-0.4, -0.2) is 43.5 Å². The number of thiazole rings is 1.